The molecule has 1 aromatic heterocycles. The molecule has 0 aliphatic carbocycles. The molecule has 0 aliphatic rings. The highest BCUT2D eigenvalue weighted by molar-refractivity contribution is 7.10. The number of ether oxygens (including phenoxy) is 1. The van der Waals surface area contributed by atoms with Crippen molar-refractivity contribution in [2.24, 2.45) is 0 Å². The lowest BCUT2D eigenvalue weighted by Crippen LogP contribution is -2.02. The Morgan fingerprint density at radius 2 is 2.18 bits per heavy atom. The molecule has 2 aromatic rings. The van der Waals surface area contributed by atoms with Crippen molar-refractivity contribution >= 4 is 17.1 Å². The van der Waals surface area contributed by atoms with Crippen molar-refractivity contribution in [3.05, 3.63) is 51.7 Å². The minimum absolute atomic E-state index is 0.155. The molecule has 0 saturated heterocycles. The van der Waals surface area contributed by atoms with E-state index in [0.29, 0.717) is 6.42 Å². The molecule has 2 rings (SSSR count). The molecule has 0 fully saturated rings. The number of carbonyl (C=O) groups excluding carboxylic acids is 1. The third kappa shape index (κ3) is 2.94. The molecular weight excluding hydrogens is 232 g/mol. The summed E-state index contributed by atoms with van der Waals surface area (Å²) in [7, 11) is 1.63. The average Bonchev–Trinajstić information content (AvgIpc) is 2.76. The second-order valence-electron chi connectivity index (χ2n) is 3.90. The number of hydrogen-bond donors (Lipinski definition) is 0. The maximum Gasteiger partial charge on any atom is 0.168 e. The number of ketones is 1. The standard InChI is InChI=1S/C14H14O2S/c1-10-6-12(9-17-10)14(15)8-11-4-3-5-13(7-11)16-2/h3-7,9H,8H2,1-2H3. The van der Waals surface area contributed by atoms with Gasteiger partial charge in [0.05, 0.1) is 7.11 Å². The fraction of sp³-hybridized carbons (Fsp3) is 0.214. The minimum atomic E-state index is 0.155. The summed E-state index contributed by atoms with van der Waals surface area (Å²) in [5.74, 6) is 0.944. The minimum Gasteiger partial charge on any atom is -0.497 e. The largest absolute Gasteiger partial charge is 0.497 e. The summed E-state index contributed by atoms with van der Waals surface area (Å²) in [6.07, 6.45) is 0.424. The van der Waals surface area contributed by atoms with E-state index in [9.17, 15) is 4.79 Å². The molecule has 1 heterocycles. The quantitative estimate of drug-likeness (QED) is 0.772. The van der Waals surface area contributed by atoms with Crippen molar-refractivity contribution in [1.29, 1.82) is 0 Å². The number of rotatable bonds is 4. The van der Waals surface area contributed by atoms with E-state index >= 15 is 0 Å². The van der Waals surface area contributed by atoms with Crippen LogP contribution in [0.4, 0.5) is 0 Å². The molecule has 0 bridgehead atoms. The second kappa shape index (κ2) is 5.15. The van der Waals surface area contributed by atoms with Gasteiger partial charge in [0.2, 0.25) is 0 Å². The maximum absolute atomic E-state index is 12.0. The van der Waals surface area contributed by atoms with Crippen LogP contribution in [0.5, 0.6) is 5.75 Å². The molecule has 0 spiro atoms. The van der Waals surface area contributed by atoms with Gasteiger partial charge in [-0.1, -0.05) is 12.1 Å². The zero-order valence-electron chi connectivity index (χ0n) is 9.90. The first kappa shape index (κ1) is 11.9. The summed E-state index contributed by atoms with van der Waals surface area (Å²) < 4.78 is 5.14. The Labute approximate surface area is 105 Å². The summed E-state index contributed by atoms with van der Waals surface area (Å²) >= 11 is 1.61. The number of carbonyl (C=O) groups is 1. The van der Waals surface area contributed by atoms with E-state index in [2.05, 4.69) is 0 Å². The van der Waals surface area contributed by atoms with Crippen LogP contribution in [0.3, 0.4) is 0 Å². The maximum atomic E-state index is 12.0. The smallest absolute Gasteiger partial charge is 0.168 e. The molecule has 2 nitrogen and oxygen atoms in total. The van der Waals surface area contributed by atoms with Crippen molar-refractivity contribution in [3.8, 4) is 5.75 Å². The van der Waals surface area contributed by atoms with Crippen LogP contribution in [0.1, 0.15) is 20.8 Å². The number of aryl methyl sites for hydroxylation is 1. The molecule has 0 unspecified atom stereocenters. The lowest BCUT2D eigenvalue weighted by atomic mass is 10.1. The third-order valence-corrected chi connectivity index (χ3v) is 3.41. The second-order valence-corrected chi connectivity index (χ2v) is 5.01. The van der Waals surface area contributed by atoms with Crippen molar-refractivity contribution in [2.75, 3.05) is 7.11 Å². The Morgan fingerprint density at radius 1 is 1.35 bits per heavy atom. The van der Waals surface area contributed by atoms with E-state index in [-0.39, 0.29) is 5.78 Å². The Bertz CT molecular complexity index is 529. The van der Waals surface area contributed by atoms with Crippen LogP contribution in [-0.4, -0.2) is 12.9 Å². The van der Waals surface area contributed by atoms with E-state index < -0.39 is 0 Å². The van der Waals surface area contributed by atoms with Gasteiger partial charge in [0.1, 0.15) is 5.75 Å². The van der Waals surface area contributed by atoms with Crippen LogP contribution in [0.25, 0.3) is 0 Å². The van der Waals surface area contributed by atoms with Gasteiger partial charge in [-0.15, -0.1) is 11.3 Å². The third-order valence-electron chi connectivity index (χ3n) is 2.55. The number of Topliss-reactive ketones (excluding diaryl/α,β-unsaturated/α-hetero) is 1. The normalized spacial score (nSPS) is 10.2. The number of hydrogen-bond acceptors (Lipinski definition) is 3. The molecule has 17 heavy (non-hydrogen) atoms. The molecule has 0 saturated carbocycles. The van der Waals surface area contributed by atoms with Gasteiger partial charge in [-0.25, -0.2) is 0 Å². The van der Waals surface area contributed by atoms with Crippen LogP contribution >= 0.6 is 11.3 Å². The molecule has 0 aliphatic heterocycles. The van der Waals surface area contributed by atoms with Crippen LogP contribution in [-0.2, 0) is 6.42 Å². The summed E-state index contributed by atoms with van der Waals surface area (Å²) in [5.41, 5.74) is 1.79. The molecule has 0 atom stereocenters. The van der Waals surface area contributed by atoms with E-state index in [0.717, 1.165) is 16.9 Å². The first-order valence-electron chi connectivity index (χ1n) is 5.40. The predicted octanol–water partition coefficient (Wildman–Crippen LogP) is 3.49. The van der Waals surface area contributed by atoms with Gasteiger partial charge in [0, 0.05) is 22.2 Å². The highest BCUT2D eigenvalue weighted by Crippen LogP contribution is 2.18. The van der Waals surface area contributed by atoms with E-state index in [1.54, 1.807) is 18.4 Å². The fourth-order valence-corrected chi connectivity index (χ4v) is 2.37. The summed E-state index contributed by atoms with van der Waals surface area (Å²) in [5, 5.41) is 1.91. The Kier molecular flexibility index (Phi) is 3.59. The first-order chi connectivity index (χ1) is 8.19. The van der Waals surface area contributed by atoms with Gasteiger partial charge in [-0.2, -0.15) is 0 Å². The van der Waals surface area contributed by atoms with Gasteiger partial charge in [-0.05, 0) is 30.7 Å². The van der Waals surface area contributed by atoms with Crippen LogP contribution < -0.4 is 4.74 Å². The van der Waals surface area contributed by atoms with Crippen molar-refractivity contribution in [2.45, 2.75) is 13.3 Å². The highest BCUT2D eigenvalue weighted by atomic mass is 32.1. The van der Waals surface area contributed by atoms with E-state index in [4.69, 9.17) is 4.74 Å². The molecule has 88 valence electrons. The van der Waals surface area contributed by atoms with Crippen LogP contribution in [0.2, 0.25) is 0 Å². The summed E-state index contributed by atoms with van der Waals surface area (Å²) in [4.78, 5) is 13.2. The number of benzene rings is 1. The zero-order chi connectivity index (χ0) is 12.3. The molecule has 0 amide bonds. The fourth-order valence-electron chi connectivity index (χ4n) is 1.66. The monoisotopic (exact) mass is 246 g/mol. The number of thiophene rings is 1. The number of methoxy groups -OCH3 is 1. The van der Waals surface area contributed by atoms with Crippen LogP contribution in [0.15, 0.2) is 35.7 Å². The van der Waals surface area contributed by atoms with Crippen molar-refractivity contribution in [3.63, 3.8) is 0 Å². The Hall–Kier alpha value is -1.61. The van der Waals surface area contributed by atoms with Crippen molar-refractivity contribution in [1.82, 2.24) is 0 Å². The zero-order valence-corrected chi connectivity index (χ0v) is 10.7. The lowest BCUT2D eigenvalue weighted by molar-refractivity contribution is 0.0993. The molecule has 3 heteroatoms. The van der Waals surface area contributed by atoms with Gasteiger partial charge in [-0.3, -0.25) is 4.79 Å². The van der Waals surface area contributed by atoms with E-state index in [1.807, 2.05) is 42.6 Å². The highest BCUT2D eigenvalue weighted by Gasteiger charge is 2.09. The molecule has 0 radical (unpaired) electrons. The summed E-state index contributed by atoms with van der Waals surface area (Å²) in [6, 6.07) is 9.56. The molecular formula is C14H14O2S. The van der Waals surface area contributed by atoms with Gasteiger partial charge < -0.3 is 4.74 Å². The SMILES string of the molecule is COc1cccc(CC(=O)c2csc(C)c2)c1. The molecule has 0 N–H and O–H groups in total. The Balaban J connectivity index is 2.12. The average molecular weight is 246 g/mol. The first-order valence-corrected chi connectivity index (χ1v) is 6.28. The topological polar surface area (TPSA) is 26.3 Å². The van der Waals surface area contributed by atoms with Gasteiger partial charge in [0.25, 0.3) is 0 Å². The molecule has 1 aromatic carbocycles. The van der Waals surface area contributed by atoms with Crippen LogP contribution in [0, 0.1) is 6.92 Å². The van der Waals surface area contributed by atoms with Gasteiger partial charge in [0.15, 0.2) is 5.78 Å². The predicted molar refractivity (Wildman–Crippen MR) is 70.1 cm³/mol. The van der Waals surface area contributed by atoms with Crippen molar-refractivity contribution < 1.29 is 9.53 Å². The van der Waals surface area contributed by atoms with E-state index in [1.165, 1.54) is 4.88 Å². The summed E-state index contributed by atoms with van der Waals surface area (Å²) in [6.45, 7) is 2.01. The van der Waals surface area contributed by atoms with Gasteiger partial charge >= 0.3 is 0 Å². The lowest BCUT2D eigenvalue weighted by Gasteiger charge is -2.03. The Morgan fingerprint density at radius 3 is 2.82 bits per heavy atom.